The molecule has 2 aromatic carbocycles. The Kier molecular flexibility index (Phi) is 7.87. The van der Waals surface area contributed by atoms with Gasteiger partial charge in [0.2, 0.25) is 0 Å². The van der Waals surface area contributed by atoms with Crippen molar-refractivity contribution in [3.05, 3.63) is 53.1 Å². The summed E-state index contributed by atoms with van der Waals surface area (Å²) in [5, 5.41) is 11.6. The smallest absolute Gasteiger partial charge is 0.320 e. The molecule has 0 radical (unpaired) electrons. The van der Waals surface area contributed by atoms with Gasteiger partial charge in [-0.3, -0.25) is 9.59 Å². The average Bonchev–Trinajstić information content (AvgIpc) is 2.78. The van der Waals surface area contributed by atoms with E-state index in [2.05, 4.69) is 5.32 Å². The van der Waals surface area contributed by atoms with Crippen molar-refractivity contribution < 1.29 is 33.0 Å². The van der Waals surface area contributed by atoms with E-state index >= 15 is 0 Å². The molecule has 8 nitrogen and oxygen atoms in total. The molecule has 2 aromatic rings. The number of carboxylic acids is 1. The van der Waals surface area contributed by atoms with Crippen LogP contribution in [0.15, 0.2) is 35.2 Å². The number of aliphatic carboxylic acids is 1. The van der Waals surface area contributed by atoms with Gasteiger partial charge in [0.1, 0.15) is 23.4 Å². The number of benzene rings is 2. The van der Waals surface area contributed by atoms with Gasteiger partial charge in [0.25, 0.3) is 5.91 Å². The fourth-order valence-corrected chi connectivity index (χ4v) is 6.35. The van der Waals surface area contributed by atoms with Crippen LogP contribution in [0, 0.1) is 17.6 Å². The molecule has 1 fully saturated rings. The van der Waals surface area contributed by atoms with E-state index in [1.165, 1.54) is 9.80 Å². The highest BCUT2D eigenvalue weighted by atomic mass is 32.3. The number of carbonyl (C=O) groups excluding carboxylic acids is 2. The molecule has 0 aromatic heterocycles. The summed E-state index contributed by atoms with van der Waals surface area (Å²) in [5.74, 6) is -2.47. The topological polar surface area (TPSA) is 99.2 Å². The van der Waals surface area contributed by atoms with Crippen LogP contribution >= 0.6 is 10.0 Å². The van der Waals surface area contributed by atoms with E-state index in [4.69, 9.17) is 9.84 Å². The molecule has 0 spiro atoms. The number of ether oxygens (including phenoxy) is 1. The van der Waals surface area contributed by atoms with E-state index in [1.54, 1.807) is 30.9 Å². The lowest BCUT2D eigenvalue weighted by molar-refractivity contribution is -0.139. The zero-order valence-corrected chi connectivity index (χ0v) is 22.7. The van der Waals surface area contributed by atoms with E-state index in [9.17, 15) is 23.2 Å². The Balaban J connectivity index is 1.63. The minimum Gasteiger partial charge on any atom is -0.494 e. The summed E-state index contributed by atoms with van der Waals surface area (Å²) in [6.07, 6.45) is 5.80. The molecule has 206 valence electrons. The molecule has 1 saturated heterocycles. The molecule has 0 saturated carbocycles. The summed E-state index contributed by atoms with van der Waals surface area (Å²) in [6, 6.07) is 6.09. The summed E-state index contributed by atoms with van der Waals surface area (Å²) in [7, 11) is -1.69. The molecule has 0 bridgehead atoms. The van der Waals surface area contributed by atoms with Crippen LogP contribution in [-0.2, 0) is 16.0 Å². The molecule has 11 heteroatoms. The molecule has 2 aliphatic heterocycles. The second-order valence-corrected chi connectivity index (χ2v) is 14.5. The second-order valence-electron chi connectivity index (χ2n) is 10.4. The highest BCUT2D eigenvalue weighted by Crippen LogP contribution is 2.48. The first-order valence-corrected chi connectivity index (χ1v) is 15.3. The lowest BCUT2D eigenvalue weighted by Gasteiger charge is -2.45. The van der Waals surface area contributed by atoms with Crippen LogP contribution in [0.1, 0.15) is 30.5 Å². The highest BCUT2D eigenvalue weighted by molar-refractivity contribution is 8.32. The summed E-state index contributed by atoms with van der Waals surface area (Å²) in [4.78, 5) is 41.0. The minimum absolute atomic E-state index is 0.00691. The summed E-state index contributed by atoms with van der Waals surface area (Å²) < 4.78 is 35.3. The molecule has 0 unspecified atom stereocenters. The number of rotatable bonds is 7. The molecule has 4 rings (SSSR count). The van der Waals surface area contributed by atoms with Gasteiger partial charge in [0.15, 0.2) is 0 Å². The molecule has 3 amide bonds. The van der Waals surface area contributed by atoms with Gasteiger partial charge < -0.3 is 25.0 Å². The first-order valence-electron chi connectivity index (χ1n) is 12.4. The van der Waals surface area contributed by atoms with Crippen LogP contribution in [0.25, 0.3) is 0 Å². The van der Waals surface area contributed by atoms with E-state index in [1.807, 2.05) is 13.0 Å². The van der Waals surface area contributed by atoms with Crippen LogP contribution < -0.4 is 10.1 Å². The Labute approximate surface area is 222 Å². The number of carbonyl (C=O) groups is 3. The first-order chi connectivity index (χ1) is 17.9. The minimum atomic E-state index is -1.69. The van der Waals surface area contributed by atoms with Gasteiger partial charge >= 0.3 is 12.0 Å². The highest BCUT2D eigenvalue weighted by Gasteiger charge is 2.41. The number of hydrogen-bond acceptors (Lipinski definition) is 4. The third-order valence-corrected chi connectivity index (χ3v) is 8.33. The molecular weight excluding hydrogens is 516 g/mol. The van der Waals surface area contributed by atoms with Crippen molar-refractivity contribution in [3.63, 3.8) is 0 Å². The number of carboxylic acid groups (broad SMARTS) is 1. The van der Waals surface area contributed by atoms with Crippen molar-refractivity contribution in [3.8, 4) is 5.75 Å². The monoisotopic (exact) mass is 549 g/mol. The SMILES string of the molecule is CCOc1ccc2c(c1)CCN(C(=O)N1CC(CC(=O)O)C1)[C@H]2C(=O)Nc1cc(F)c(S(C)(C)C)c(F)c1. The number of fused-ring (bicyclic) bond motifs is 1. The van der Waals surface area contributed by atoms with Gasteiger partial charge in [0.05, 0.1) is 17.9 Å². The van der Waals surface area contributed by atoms with Crippen LogP contribution in [0.2, 0.25) is 0 Å². The van der Waals surface area contributed by atoms with Crippen molar-refractivity contribution in [1.29, 1.82) is 0 Å². The fraction of sp³-hybridized carbons (Fsp3) is 0.444. The maximum Gasteiger partial charge on any atom is 0.320 e. The molecule has 2 N–H and O–H groups in total. The van der Waals surface area contributed by atoms with Crippen molar-refractivity contribution in [2.75, 3.05) is 50.3 Å². The molecule has 38 heavy (non-hydrogen) atoms. The molecule has 2 heterocycles. The molecule has 2 aliphatic rings. The predicted octanol–water partition coefficient (Wildman–Crippen LogP) is 4.48. The summed E-state index contributed by atoms with van der Waals surface area (Å²) in [5.41, 5.74) is 1.41. The number of halogens is 2. The number of anilines is 1. The van der Waals surface area contributed by atoms with Crippen LogP contribution in [0.5, 0.6) is 5.75 Å². The Hall–Kier alpha value is -3.34. The molecule has 1 atom stereocenters. The number of likely N-dealkylation sites (tertiary alicyclic amines) is 1. The predicted molar refractivity (Wildman–Crippen MR) is 142 cm³/mol. The van der Waals surface area contributed by atoms with Crippen molar-refractivity contribution in [2.45, 2.75) is 30.7 Å². The third kappa shape index (κ3) is 5.72. The van der Waals surface area contributed by atoms with Gasteiger partial charge in [-0.1, -0.05) is 6.07 Å². The van der Waals surface area contributed by atoms with Crippen LogP contribution in [-0.4, -0.2) is 77.8 Å². The van der Waals surface area contributed by atoms with E-state index in [0.717, 1.165) is 17.7 Å². The normalized spacial score (nSPS) is 17.9. The Bertz CT molecular complexity index is 1240. The zero-order chi connectivity index (χ0) is 27.8. The van der Waals surface area contributed by atoms with Gasteiger partial charge in [-0.15, -0.1) is 0 Å². The van der Waals surface area contributed by atoms with Crippen molar-refractivity contribution in [1.82, 2.24) is 9.80 Å². The first kappa shape index (κ1) is 27.7. The molecule has 0 aliphatic carbocycles. The third-order valence-electron chi connectivity index (χ3n) is 6.72. The quantitative estimate of drug-likeness (QED) is 0.531. The molecular formula is C27H33F2N3O5S. The Morgan fingerprint density at radius 2 is 1.76 bits per heavy atom. The number of amides is 3. The van der Waals surface area contributed by atoms with E-state index in [0.29, 0.717) is 37.4 Å². The van der Waals surface area contributed by atoms with Gasteiger partial charge in [-0.05, 0) is 67.5 Å². The van der Waals surface area contributed by atoms with Crippen molar-refractivity contribution >= 4 is 33.6 Å². The van der Waals surface area contributed by atoms with Gasteiger partial charge in [-0.2, -0.15) is 0 Å². The van der Waals surface area contributed by atoms with Crippen LogP contribution in [0.4, 0.5) is 19.3 Å². The Morgan fingerprint density at radius 1 is 1.11 bits per heavy atom. The number of nitrogens with one attached hydrogen (secondary N) is 1. The maximum atomic E-state index is 14.8. The zero-order valence-electron chi connectivity index (χ0n) is 21.9. The van der Waals surface area contributed by atoms with Crippen LogP contribution in [0.3, 0.4) is 0 Å². The number of hydrogen-bond donors (Lipinski definition) is 2. The largest absolute Gasteiger partial charge is 0.494 e. The lowest BCUT2D eigenvalue weighted by atomic mass is 9.91. The van der Waals surface area contributed by atoms with Gasteiger partial charge in [0, 0.05) is 31.2 Å². The summed E-state index contributed by atoms with van der Waals surface area (Å²) in [6.45, 7) is 3.17. The van der Waals surface area contributed by atoms with Crippen molar-refractivity contribution in [2.24, 2.45) is 5.92 Å². The maximum absolute atomic E-state index is 14.8. The Morgan fingerprint density at radius 3 is 2.34 bits per heavy atom. The van der Waals surface area contributed by atoms with Gasteiger partial charge in [-0.25, -0.2) is 23.6 Å². The summed E-state index contributed by atoms with van der Waals surface area (Å²) >= 11 is 0. The van der Waals surface area contributed by atoms with E-state index < -0.39 is 39.6 Å². The van der Waals surface area contributed by atoms with E-state index in [-0.39, 0.29) is 35.5 Å². The second kappa shape index (κ2) is 10.8. The average molecular weight is 550 g/mol. The number of urea groups is 1. The fourth-order valence-electron chi connectivity index (χ4n) is 5.06. The number of nitrogens with zero attached hydrogens (tertiary/aromatic N) is 2. The lowest BCUT2D eigenvalue weighted by Crippen LogP contribution is -2.58. The standard InChI is InChI=1S/C27H33F2N3O5S/c1-5-37-19-6-7-20-17(11-19)8-9-32(27(36)31-14-16(15-31)10-23(33)34)24(20)26(35)30-18-12-21(28)25(22(29)13-18)38(2,3)4/h6-7,11-13,16,24H,5,8-10,14-15H2,1-4H3,(H,30,35)(H,33,34)/t24-/m1/s1.